The highest BCUT2D eigenvalue weighted by molar-refractivity contribution is 6.22. The zero-order valence-corrected chi connectivity index (χ0v) is 21.3. The number of carboxylic acid groups (broad SMARTS) is 1. The first-order chi connectivity index (χ1) is 16.6. The van der Waals surface area contributed by atoms with Crippen molar-refractivity contribution in [1.82, 2.24) is 0 Å². The summed E-state index contributed by atoms with van der Waals surface area (Å²) >= 11 is 0. The molecule has 7 rings (SSSR count). The van der Waals surface area contributed by atoms with E-state index in [1.807, 2.05) is 37.3 Å². The molecule has 0 radical (unpaired) electrons. The van der Waals surface area contributed by atoms with E-state index in [1.165, 1.54) is 10.5 Å². The van der Waals surface area contributed by atoms with Gasteiger partial charge in [-0.05, 0) is 80.2 Å². The number of rotatable bonds is 3. The van der Waals surface area contributed by atoms with Crippen LogP contribution in [0.15, 0.2) is 42.0 Å². The molecule has 0 unspecified atom stereocenters. The summed E-state index contributed by atoms with van der Waals surface area (Å²) in [7, 11) is 0. The van der Waals surface area contributed by atoms with Crippen LogP contribution in [0, 0.1) is 51.8 Å². The first-order valence-electron chi connectivity index (χ1n) is 13.4. The summed E-state index contributed by atoms with van der Waals surface area (Å²) < 4.78 is 0. The molecule has 1 aromatic rings. The van der Waals surface area contributed by atoms with Crippen LogP contribution >= 0.6 is 0 Å². The molecule has 1 aliphatic heterocycles. The van der Waals surface area contributed by atoms with Crippen LogP contribution in [0.1, 0.15) is 66.2 Å². The van der Waals surface area contributed by atoms with Gasteiger partial charge in [0.15, 0.2) is 0 Å². The van der Waals surface area contributed by atoms with Gasteiger partial charge in [0.2, 0.25) is 11.8 Å². The Hall–Kier alpha value is -2.43. The fourth-order valence-electron chi connectivity index (χ4n) is 9.79. The number of benzene rings is 1. The van der Waals surface area contributed by atoms with Crippen LogP contribution in [0.25, 0.3) is 0 Å². The molecule has 8 atom stereocenters. The van der Waals surface area contributed by atoms with Gasteiger partial charge in [0, 0.05) is 5.41 Å². The normalized spacial score (nSPS) is 44.1. The highest BCUT2D eigenvalue weighted by atomic mass is 16.4. The monoisotopic (exact) mass is 475 g/mol. The standard InChI is InChI=1S/C30H37NO4/c1-17(2)20-16-30-14-11-21-28(3,12-8-13-29(21,4)27(34)35)22(30)15-19(20)23-24(30)26(33)31(25(23)32)18-9-6-5-7-10-18/h5-7,9-10,16-17,19,21-24H,8,11-15H2,1-4H3,(H,34,35)/t19-,21+,22+,23-,24+,28+,29-,30+/m1/s1. The van der Waals surface area contributed by atoms with Crippen molar-refractivity contribution in [1.29, 1.82) is 0 Å². The SMILES string of the molecule is CC(C)C1=C[C@@]23CC[C@H]4[C@](C)(CCC[C@@]4(C)C(=O)O)[C@@H]2C[C@H]1[C@H]1C(=O)N(c2ccccc2)C(=O)[C@H]13. The Labute approximate surface area is 208 Å². The molecule has 1 spiro atoms. The molecule has 4 fully saturated rings. The second-order valence-electron chi connectivity index (χ2n) is 12.8. The molecule has 1 aromatic carbocycles. The lowest BCUT2D eigenvalue weighted by atomic mass is 9.34. The molecule has 3 saturated carbocycles. The Morgan fingerprint density at radius 3 is 2.40 bits per heavy atom. The molecule has 1 saturated heterocycles. The van der Waals surface area contributed by atoms with Gasteiger partial charge in [0.05, 0.1) is 22.9 Å². The largest absolute Gasteiger partial charge is 0.481 e. The van der Waals surface area contributed by atoms with Gasteiger partial charge in [-0.1, -0.05) is 57.0 Å². The van der Waals surface area contributed by atoms with Crippen molar-refractivity contribution in [3.63, 3.8) is 0 Å². The van der Waals surface area contributed by atoms with E-state index in [4.69, 9.17) is 0 Å². The Bertz CT molecular complexity index is 1140. The topological polar surface area (TPSA) is 74.7 Å². The molecule has 35 heavy (non-hydrogen) atoms. The van der Waals surface area contributed by atoms with Gasteiger partial charge >= 0.3 is 5.97 Å². The van der Waals surface area contributed by atoms with E-state index in [-0.39, 0.29) is 52.2 Å². The number of hydrogen-bond donors (Lipinski definition) is 1. The van der Waals surface area contributed by atoms with E-state index < -0.39 is 11.4 Å². The number of imide groups is 1. The Morgan fingerprint density at radius 2 is 1.74 bits per heavy atom. The number of fused-ring (bicyclic) bond motifs is 1. The van der Waals surface area contributed by atoms with E-state index in [9.17, 15) is 19.5 Å². The number of carbonyl (C=O) groups excluding carboxylic acids is 2. The maximum atomic E-state index is 14.1. The van der Waals surface area contributed by atoms with Crippen molar-refractivity contribution in [3.8, 4) is 0 Å². The van der Waals surface area contributed by atoms with E-state index in [1.54, 1.807) is 0 Å². The second-order valence-corrected chi connectivity index (χ2v) is 12.8. The summed E-state index contributed by atoms with van der Waals surface area (Å²) in [6, 6.07) is 9.39. The molecular weight excluding hydrogens is 438 g/mol. The Kier molecular flexibility index (Phi) is 4.80. The van der Waals surface area contributed by atoms with Gasteiger partial charge < -0.3 is 5.11 Å². The zero-order valence-electron chi connectivity index (χ0n) is 21.3. The summed E-state index contributed by atoms with van der Waals surface area (Å²) in [5, 5.41) is 10.3. The average molecular weight is 476 g/mol. The smallest absolute Gasteiger partial charge is 0.309 e. The van der Waals surface area contributed by atoms with Crippen molar-refractivity contribution in [2.45, 2.75) is 66.2 Å². The van der Waals surface area contributed by atoms with E-state index >= 15 is 0 Å². The quantitative estimate of drug-likeness (QED) is 0.449. The molecule has 186 valence electrons. The van der Waals surface area contributed by atoms with E-state index in [0.29, 0.717) is 11.6 Å². The van der Waals surface area contributed by atoms with Crippen LogP contribution in [0.5, 0.6) is 0 Å². The number of amides is 2. The Morgan fingerprint density at radius 1 is 1.03 bits per heavy atom. The first kappa shape index (κ1) is 23.0. The third kappa shape index (κ3) is 2.73. The number of anilines is 1. The van der Waals surface area contributed by atoms with Crippen molar-refractivity contribution >= 4 is 23.5 Å². The van der Waals surface area contributed by atoms with E-state index in [0.717, 1.165) is 38.5 Å². The van der Waals surface area contributed by atoms with Crippen LogP contribution < -0.4 is 4.90 Å². The molecule has 2 bridgehead atoms. The van der Waals surface area contributed by atoms with Gasteiger partial charge in [-0.15, -0.1) is 0 Å². The molecular formula is C30H37NO4. The fourth-order valence-corrected chi connectivity index (χ4v) is 9.79. The number of nitrogens with zero attached hydrogens (tertiary/aromatic N) is 1. The fraction of sp³-hybridized carbons (Fsp3) is 0.633. The number of carbonyl (C=O) groups is 3. The number of allylic oxidation sites excluding steroid dienone is 2. The van der Waals surface area contributed by atoms with Gasteiger partial charge in [-0.2, -0.15) is 0 Å². The number of hydrogen-bond acceptors (Lipinski definition) is 3. The van der Waals surface area contributed by atoms with Gasteiger partial charge in [-0.3, -0.25) is 19.3 Å². The first-order valence-corrected chi connectivity index (χ1v) is 13.4. The minimum absolute atomic E-state index is 0.0356. The van der Waals surface area contributed by atoms with Crippen LogP contribution in [-0.4, -0.2) is 22.9 Å². The van der Waals surface area contributed by atoms with E-state index in [2.05, 4.69) is 26.8 Å². The second kappa shape index (κ2) is 7.30. The highest BCUT2D eigenvalue weighted by Crippen LogP contribution is 2.74. The van der Waals surface area contributed by atoms with Crippen molar-refractivity contribution < 1.29 is 19.5 Å². The lowest BCUT2D eigenvalue weighted by Crippen LogP contribution is -2.65. The molecule has 1 heterocycles. The summed E-state index contributed by atoms with van der Waals surface area (Å²) in [6.45, 7) is 8.69. The predicted molar refractivity (Wildman–Crippen MR) is 133 cm³/mol. The summed E-state index contributed by atoms with van der Waals surface area (Å²) in [5.74, 6) is -0.668. The Balaban J connectivity index is 1.50. The summed E-state index contributed by atoms with van der Waals surface area (Å²) in [4.78, 5) is 42.0. The maximum absolute atomic E-state index is 14.1. The van der Waals surface area contributed by atoms with Crippen molar-refractivity contribution in [2.24, 2.45) is 51.8 Å². The number of para-hydroxylation sites is 1. The third-order valence-corrected chi connectivity index (χ3v) is 11.2. The minimum Gasteiger partial charge on any atom is -0.481 e. The predicted octanol–water partition coefficient (Wildman–Crippen LogP) is 5.70. The molecule has 1 N–H and O–H groups in total. The lowest BCUT2D eigenvalue weighted by Gasteiger charge is -2.68. The molecule has 5 aliphatic carbocycles. The number of aliphatic carboxylic acids is 1. The van der Waals surface area contributed by atoms with Crippen molar-refractivity contribution in [2.75, 3.05) is 4.90 Å². The van der Waals surface area contributed by atoms with Crippen LogP contribution in [0.4, 0.5) is 5.69 Å². The van der Waals surface area contributed by atoms with Gasteiger partial charge in [-0.25, -0.2) is 0 Å². The summed E-state index contributed by atoms with van der Waals surface area (Å²) in [5.41, 5.74) is 0.789. The van der Waals surface area contributed by atoms with Crippen molar-refractivity contribution in [3.05, 3.63) is 42.0 Å². The minimum atomic E-state index is -0.721. The summed E-state index contributed by atoms with van der Waals surface area (Å²) in [6.07, 6.45) is 7.58. The number of carboxylic acids is 1. The van der Waals surface area contributed by atoms with Crippen LogP contribution in [0.3, 0.4) is 0 Å². The van der Waals surface area contributed by atoms with Crippen LogP contribution in [-0.2, 0) is 14.4 Å². The van der Waals surface area contributed by atoms with Crippen LogP contribution in [0.2, 0.25) is 0 Å². The lowest BCUT2D eigenvalue weighted by molar-refractivity contribution is -0.194. The molecule has 5 heteroatoms. The third-order valence-electron chi connectivity index (χ3n) is 11.2. The zero-order chi connectivity index (χ0) is 24.9. The molecule has 6 aliphatic rings. The maximum Gasteiger partial charge on any atom is 0.309 e. The molecule has 0 aromatic heterocycles. The average Bonchev–Trinajstić information content (AvgIpc) is 3.11. The van der Waals surface area contributed by atoms with Gasteiger partial charge in [0.25, 0.3) is 0 Å². The highest BCUT2D eigenvalue weighted by Gasteiger charge is 2.73. The van der Waals surface area contributed by atoms with Gasteiger partial charge in [0.1, 0.15) is 0 Å². The molecule has 5 nitrogen and oxygen atoms in total. The molecule has 2 amide bonds.